The quantitative estimate of drug-likeness (QED) is 0.858. The molecule has 1 aromatic rings. The molecule has 0 aromatic heterocycles. The number of hydrogen-bond acceptors (Lipinski definition) is 3. The van der Waals surface area contributed by atoms with Crippen LogP contribution in [0.3, 0.4) is 0 Å². The number of carbonyl (C=O) groups excluding carboxylic acids is 1. The van der Waals surface area contributed by atoms with Gasteiger partial charge in [0.25, 0.3) is 0 Å². The van der Waals surface area contributed by atoms with Gasteiger partial charge in [-0.1, -0.05) is 44.7 Å². The molecule has 1 aromatic carbocycles. The summed E-state index contributed by atoms with van der Waals surface area (Å²) in [7, 11) is 0. The Morgan fingerprint density at radius 3 is 2.83 bits per heavy atom. The number of ether oxygens (including phenoxy) is 1. The number of hydrogen-bond donors (Lipinski definition) is 2. The van der Waals surface area contributed by atoms with E-state index in [2.05, 4.69) is 18.3 Å². The minimum absolute atomic E-state index is 0.0563. The number of nitrogens with one attached hydrogen (secondary N) is 1. The van der Waals surface area contributed by atoms with Gasteiger partial charge in [0.05, 0.1) is 18.2 Å². The molecule has 0 heterocycles. The van der Waals surface area contributed by atoms with E-state index in [0.717, 1.165) is 55.7 Å². The second kappa shape index (κ2) is 7.66. The predicted molar refractivity (Wildman–Crippen MR) is 96.7 cm³/mol. The van der Waals surface area contributed by atoms with Gasteiger partial charge in [-0.05, 0) is 49.3 Å². The highest BCUT2D eigenvalue weighted by Gasteiger charge is 2.36. The summed E-state index contributed by atoms with van der Waals surface area (Å²) in [5, 5.41) is 2.99. The first-order valence-corrected chi connectivity index (χ1v) is 9.36. The zero-order valence-electron chi connectivity index (χ0n) is 14.7. The normalized spacial score (nSPS) is 26.2. The molecule has 24 heavy (non-hydrogen) atoms. The van der Waals surface area contributed by atoms with Crippen molar-refractivity contribution in [1.29, 1.82) is 0 Å². The molecule has 2 fully saturated rings. The first kappa shape index (κ1) is 17.4. The molecule has 4 heteroatoms. The molecule has 0 bridgehead atoms. The molecule has 0 radical (unpaired) electrons. The van der Waals surface area contributed by atoms with Crippen molar-refractivity contribution in [3.05, 3.63) is 29.8 Å². The summed E-state index contributed by atoms with van der Waals surface area (Å²) in [5.41, 5.74) is 7.45. The highest BCUT2D eigenvalue weighted by Crippen LogP contribution is 2.29. The lowest BCUT2D eigenvalue weighted by Gasteiger charge is -2.27. The van der Waals surface area contributed by atoms with Crippen LogP contribution in [0, 0.1) is 5.92 Å². The molecular formula is C20H30N2O2. The van der Waals surface area contributed by atoms with Crippen molar-refractivity contribution in [2.45, 2.75) is 76.5 Å². The van der Waals surface area contributed by atoms with Gasteiger partial charge in [0.2, 0.25) is 5.91 Å². The number of benzene rings is 1. The smallest absolute Gasteiger partial charge is 0.244 e. The third-order valence-corrected chi connectivity index (χ3v) is 5.51. The van der Waals surface area contributed by atoms with Gasteiger partial charge in [0.1, 0.15) is 0 Å². The zero-order chi connectivity index (χ0) is 17.0. The van der Waals surface area contributed by atoms with Crippen LogP contribution >= 0.6 is 0 Å². The van der Waals surface area contributed by atoms with E-state index in [4.69, 9.17) is 10.5 Å². The van der Waals surface area contributed by atoms with Gasteiger partial charge >= 0.3 is 0 Å². The largest absolute Gasteiger partial charge is 0.374 e. The molecule has 3 rings (SSSR count). The molecule has 2 saturated carbocycles. The SMILES string of the molecule is CC1CCCC(OCc2cccc(NC(=O)C3(N)CCCC3)c2)C1. The van der Waals surface area contributed by atoms with Gasteiger partial charge in [-0.2, -0.15) is 0 Å². The second-order valence-corrected chi connectivity index (χ2v) is 7.72. The Labute approximate surface area is 145 Å². The fraction of sp³-hybridized carbons (Fsp3) is 0.650. The Hall–Kier alpha value is -1.39. The molecular weight excluding hydrogens is 300 g/mol. The van der Waals surface area contributed by atoms with Crippen molar-refractivity contribution in [2.75, 3.05) is 5.32 Å². The maximum Gasteiger partial charge on any atom is 0.244 e. The molecule has 2 atom stereocenters. The Morgan fingerprint density at radius 1 is 1.29 bits per heavy atom. The van der Waals surface area contributed by atoms with Crippen molar-refractivity contribution in [3.63, 3.8) is 0 Å². The Bertz CT molecular complexity index is 567. The molecule has 0 spiro atoms. The van der Waals surface area contributed by atoms with Crippen molar-refractivity contribution >= 4 is 11.6 Å². The van der Waals surface area contributed by atoms with Crippen molar-refractivity contribution < 1.29 is 9.53 Å². The lowest BCUT2D eigenvalue weighted by atomic mass is 9.89. The summed E-state index contributed by atoms with van der Waals surface area (Å²) in [4.78, 5) is 12.4. The van der Waals surface area contributed by atoms with Crippen molar-refractivity contribution in [1.82, 2.24) is 0 Å². The van der Waals surface area contributed by atoms with Gasteiger partial charge in [0.15, 0.2) is 0 Å². The number of nitrogens with two attached hydrogens (primary N) is 1. The fourth-order valence-electron chi connectivity index (χ4n) is 3.97. The zero-order valence-corrected chi connectivity index (χ0v) is 14.7. The summed E-state index contributed by atoms with van der Waals surface area (Å²) in [6.07, 6.45) is 8.92. The number of rotatable bonds is 5. The minimum atomic E-state index is -0.690. The van der Waals surface area contributed by atoms with Crippen LogP contribution in [-0.2, 0) is 16.1 Å². The molecule has 4 nitrogen and oxygen atoms in total. The highest BCUT2D eigenvalue weighted by atomic mass is 16.5. The molecule has 2 unspecified atom stereocenters. The minimum Gasteiger partial charge on any atom is -0.374 e. The number of anilines is 1. The van der Waals surface area contributed by atoms with Crippen LogP contribution in [-0.4, -0.2) is 17.6 Å². The maximum absolute atomic E-state index is 12.4. The van der Waals surface area contributed by atoms with E-state index in [-0.39, 0.29) is 5.91 Å². The van der Waals surface area contributed by atoms with Gasteiger partial charge in [0, 0.05) is 5.69 Å². The van der Waals surface area contributed by atoms with Crippen LogP contribution in [0.1, 0.15) is 63.9 Å². The monoisotopic (exact) mass is 330 g/mol. The van der Waals surface area contributed by atoms with Gasteiger partial charge < -0.3 is 15.8 Å². The van der Waals surface area contributed by atoms with E-state index < -0.39 is 5.54 Å². The van der Waals surface area contributed by atoms with Gasteiger partial charge in [-0.25, -0.2) is 0 Å². The Kier molecular flexibility index (Phi) is 5.57. The van der Waals surface area contributed by atoms with E-state index in [1.54, 1.807) is 0 Å². The van der Waals surface area contributed by atoms with Gasteiger partial charge in [-0.3, -0.25) is 4.79 Å². The molecule has 1 amide bonds. The molecule has 3 N–H and O–H groups in total. The molecule has 2 aliphatic rings. The Balaban J connectivity index is 1.55. The lowest BCUT2D eigenvalue weighted by Crippen LogP contribution is -2.48. The average Bonchev–Trinajstić information content (AvgIpc) is 3.02. The van der Waals surface area contributed by atoms with E-state index in [0.29, 0.717) is 12.7 Å². The van der Waals surface area contributed by atoms with Crippen LogP contribution in [0.5, 0.6) is 0 Å². The Morgan fingerprint density at radius 2 is 2.08 bits per heavy atom. The lowest BCUT2D eigenvalue weighted by molar-refractivity contribution is -0.121. The average molecular weight is 330 g/mol. The summed E-state index contributed by atoms with van der Waals surface area (Å²) in [5.74, 6) is 0.709. The molecule has 0 saturated heterocycles. The molecule has 0 aliphatic heterocycles. The second-order valence-electron chi connectivity index (χ2n) is 7.72. The van der Waals surface area contributed by atoms with E-state index >= 15 is 0 Å². The maximum atomic E-state index is 12.4. The van der Waals surface area contributed by atoms with E-state index in [1.807, 2.05) is 18.2 Å². The molecule has 2 aliphatic carbocycles. The van der Waals surface area contributed by atoms with Crippen LogP contribution in [0.2, 0.25) is 0 Å². The standard InChI is InChI=1S/C20H30N2O2/c1-15-6-4-9-18(12-15)24-14-16-7-5-8-17(13-16)22-19(23)20(21)10-2-3-11-20/h5,7-8,13,15,18H,2-4,6,9-12,14,21H2,1H3,(H,22,23). The topological polar surface area (TPSA) is 64.3 Å². The summed E-state index contributed by atoms with van der Waals surface area (Å²) >= 11 is 0. The van der Waals surface area contributed by atoms with Crippen LogP contribution in [0.25, 0.3) is 0 Å². The van der Waals surface area contributed by atoms with E-state index in [9.17, 15) is 4.79 Å². The van der Waals surface area contributed by atoms with Crippen LogP contribution < -0.4 is 11.1 Å². The highest BCUT2D eigenvalue weighted by molar-refractivity contribution is 5.98. The number of carbonyl (C=O) groups is 1. The molecule has 132 valence electrons. The predicted octanol–water partition coefficient (Wildman–Crippen LogP) is 3.99. The van der Waals surface area contributed by atoms with Crippen LogP contribution in [0.4, 0.5) is 5.69 Å². The number of amides is 1. The first-order chi connectivity index (χ1) is 11.5. The van der Waals surface area contributed by atoms with E-state index in [1.165, 1.54) is 12.8 Å². The fourth-order valence-corrected chi connectivity index (χ4v) is 3.97. The van der Waals surface area contributed by atoms with Crippen molar-refractivity contribution in [3.8, 4) is 0 Å². The third-order valence-electron chi connectivity index (χ3n) is 5.51. The summed E-state index contributed by atoms with van der Waals surface area (Å²) in [6, 6.07) is 7.94. The third kappa shape index (κ3) is 4.37. The summed E-state index contributed by atoms with van der Waals surface area (Å²) in [6.45, 7) is 2.91. The first-order valence-electron chi connectivity index (χ1n) is 9.36. The van der Waals surface area contributed by atoms with Gasteiger partial charge in [-0.15, -0.1) is 0 Å². The summed E-state index contributed by atoms with van der Waals surface area (Å²) < 4.78 is 6.08. The van der Waals surface area contributed by atoms with Crippen molar-refractivity contribution in [2.24, 2.45) is 11.7 Å². The van der Waals surface area contributed by atoms with Crippen LogP contribution in [0.15, 0.2) is 24.3 Å².